The first kappa shape index (κ1) is 22.2. The van der Waals surface area contributed by atoms with Crippen molar-refractivity contribution in [1.29, 1.82) is 0 Å². The van der Waals surface area contributed by atoms with E-state index in [1.807, 2.05) is 0 Å². The zero-order chi connectivity index (χ0) is 24.6. The molecule has 1 amide bonds. The van der Waals surface area contributed by atoms with Crippen molar-refractivity contribution in [2.45, 2.75) is 18.9 Å². The quantitative estimate of drug-likeness (QED) is 0.328. The number of rotatable bonds is 5. The van der Waals surface area contributed by atoms with Gasteiger partial charge in [0.15, 0.2) is 17.0 Å². The summed E-state index contributed by atoms with van der Waals surface area (Å²) in [6.45, 7) is 1.69. The average Bonchev–Trinajstić information content (AvgIpc) is 3.51. The number of pyridine rings is 1. The van der Waals surface area contributed by atoms with Gasteiger partial charge in [-0.3, -0.25) is 4.79 Å². The Hall–Kier alpha value is -4.29. The van der Waals surface area contributed by atoms with E-state index >= 15 is 0 Å². The van der Waals surface area contributed by atoms with E-state index in [-0.39, 0.29) is 17.6 Å². The number of amides is 1. The molecule has 1 unspecified atom stereocenters. The van der Waals surface area contributed by atoms with Crippen LogP contribution in [-0.2, 0) is 0 Å². The summed E-state index contributed by atoms with van der Waals surface area (Å²) in [6, 6.07) is 8.54. The number of nitrogens with two attached hydrogens (primary N) is 1. The monoisotopic (exact) mass is 504 g/mol. The van der Waals surface area contributed by atoms with Crippen LogP contribution in [-0.4, -0.2) is 53.3 Å². The van der Waals surface area contributed by atoms with Gasteiger partial charge in [-0.2, -0.15) is 10.2 Å². The number of benzene rings is 1. The normalized spacial score (nSPS) is 15.9. The van der Waals surface area contributed by atoms with Crippen LogP contribution in [0.3, 0.4) is 0 Å². The second-order valence-electron chi connectivity index (χ2n) is 8.38. The third kappa shape index (κ3) is 4.06. The number of carbonyl (C=O) groups excluding carboxylic acids is 1. The van der Waals surface area contributed by atoms with E-state index in [1.165, 1.54) is 12.7 Å². The van der Waals surface area contributed by atoms with Crippen molar-refractivity contribution in [3.05, 3.63) is 59.9 Å². The van der Waals surface area contributed by atoms with E-state index in [4.69, 9.17) is 22.1 Å². The molecule has 1 aliphatic rings. The number of piperidine rings is 1. The van der Waals surface area contributed by atoms with E-state index in [0.29, 0.717) is 38.9 Å². The largest absolute Gasteiger partial charge is 0.456 e. The second kappa shape index (κ2) is 9.06. The number of aromatic nitrogens is 7. The summed E-state index contributed by atoms with van der Waals surface area (Å²) in [5.74, 6) is 0.743. The summed E-state index contributed by atoms with van der Waals surface area (Å²) in [6.07, 6.45) is 6.51. The standard InChI is InChI=1S/C23H21ClN10O2/c24-16-8-13(3-4-17(16)36-15-5-7-33-18(9-15)27-12-30-33)31-23(35)20-19-21(25)28-11-29-22(19)34(32-20)14-2-1-6-26-10-14/h3-5,7-9,11-12,14,26H,1-2,6,10H2,(H,31,35)(H2,25,28,29). The van der Waals surface area contributed by atoms with E-state index < -0.39 is 5.91 Å². The lowest BCUT2D eigenvalue weighted by atomic mass is 10.1. The molecule has 0 spiro atoms. The summed E-state index contributed by atoms with van der Waals surface area (Å²) in [5.41, 5.74) is 7.94. The van der Waals surface area contributed by atoms with E-state index in [1.54, 1.807) is 45.7 Å². The van der Waals surface area contributed by atoms with Gasteiger partial charge in [0, 0.05) is 24.5 Å². The number of fused-ring (bicyclic) bond motifs is 2. The van der Waals surface area contributed by atoms with Gasteiger partial charge in [-0.1, -0.05) is 11.6 Å². The molecule has 5 heterocycles. The molecular weight excluding hydrogens is 484 g/mol. The molecule has 0 radical (unpaired) electrons. The molecule has 36 heavy (non-hydrogen) atoms. The maximum atomic E-state index is 13.3. The van der Waals surface area contributed by atoms with Crippen LogP contribution in [0.15, 0.2) is 49.2 Å². The van der Waals surface area contributed by atoms with Crippen LogP contribution in [0.4, 0.5) is 11.5 Å². The highest BCUT2D eigenvalue weighted by Crippen LogP contribution is 2.33. The molecule has 1 atom stereocenters. The average molecular weight is 505 g/mol. The molecule has 13 heteroatoms. The maximum Gasteiger partial charge on any atom is 0.277 e. The van der Waals surface area contributed by atoms with Gasteiger partial charge in [-0.05, 0) is 43.7 Å². The number of halogens is 1. The fourth-order valence-electron chi connectivity index (χ4n) is 4.29. The molecule has 1 aromatic carbocycles. The van der Waals surface area contributed by atoms with E-state index in [0.717, 1.165) is 25.9 Å². The third-order valence-corrected chi connectivity index (χ3v) is 6.32. The van der Waals surface area contributed by atoms with Gasteiger partial charge in [0.2, 0.25) is 0 Å². The van der Waals surface area contributed by atoms with Crippen LogP contribution in [0.5, 0.6) is 11.5 Å². The van der Waals surface area contributed by atoms with Crippen LogP contribution in [0.1, 0.15) is 29.4 Å². The van der Waals surface area contributed by atoms with Crippen molar-refractivity contribution in [1.82, 2.24) is 39.7 Å². The van der Waals surface area contributed by atoms with Crippen LogP contribution < -0.4 is 21.1 Å². The second-order valence-corrected chi connectivity index (χ2v) is 8.78. The molecule has 6 rings (SSSR count). The molecule has 0 bridgehead atoms. The molecule has 12 nitrogen and oxygen atoms in total. The highest BCUT2D eigenvalue weighted by molar-refractivity contribution is 6.32. The fourth-order valence-corrected chi connectivity index (χ4v) is 4.51. The molecule has 0 aliphatic carbocycles. The van der Waals surface area contributed by atoms with E-state index in [2.05, 4.69) is 35.8 Å². The van der Waals surface area contributed by atoms with Gasteiger partial charge in [0.05, 0.1) is 16.5 Å². The molecule has 4 N–H and O–H groups in total. The van der Waals surface area contributed by atoms with Gasteiger partial charge in [0.25, 0.3) is 5.91 Å². The Labute approximate surface area is 209 Å². The van der Waals surface area contributed by atoms with Crippen LogP contribution >= 0.6 is 11.6 Å². The van der Waals surface area contributed by atoms with Crippen molar-refractivity contribution in [3.8, 4) is 11.5 Å². The first-order chi connectivity index (χ1) is 17.6. The Balaban J connectivity index is 1.25. The molecule has 5 aromatic rings. The Morgan fingerprint density at radius 1 is 1.19 bits per heavy atom. The maximum absolute atomic E-state index is 13.3. The van der Waals surface area contributed by atoms with Crippen molar-refractivity contribution < 1.29 is 9.53 Å². The van der Waals surface area contributed by atoms with Gasteiger partial charge >= 0.3 is 0 Å². The van der Waals surface area contributed by atoms with Gasteiger partial charge in [-0.15, -0.1) is 0 Å². The molecule has 4 aromatic heterocycles. The number of anilines is 2. The summed E-state index contributed by atoms with van der Waals surface area (Å²) in [4.78, 5) is 25.8. The number of ether oxygens (including phenoxy) is 1. The molecule has 182 valence electrons. The van der Waals surface area contributed by atoms with E-state index in [9.17, 15) is 4.79 Å². The van der Waals surface area contributed by atoms with Crippen molar-refractivity contribution in [2.75, 3.05) is 24.1 Å². The lowest BCUT2D eigenvalue weighted by Crippen LogP contribution is -2.32. The minimum atomic E-state index is -0.439. The Bertz CT molecular complexity index is 1590. The lowest BCUT2D eigenvalue weighted by molar-refractivity contribution is 0.102. The van der Waals surface area contributed by atoms with Crippen molar-refractivity contribution in [2.24, 2.45) is 0 Å². The molecule has 1 aliphatic heterocycles. The highest BCUT2D eigenvalue weighted by Gasteiger charge is 2.26. The molecule has 1 fully saturated rings. The minimum Gasteiger partial charge on any atom is -0.456 e. The zero-order valence-electron chi connectivity index (χ0n) is 18.9. The van der Waals surface area contributed by atoms with Gasteiger partial charge in [-0.25, -0.2) is 24.1 Å². The Kier molecular flexibility index (Phi) is 5.58. The smallest absolute Gasteiger partial charge is 0.277 e. The summed E-state index contributed by atoms with van der Waals surface area (Å²) in [7, 11) is 0. The summed E-state index contributed by atoms with van der Waals surface area (Å²) >= 11 is 6.46. The first-order valence-corrected chi connectivity index (χ1v) is 11.7. The minimum absolute atomic E-state index is 0.0694. The van der Waals surface area contributed by atoms with Crippen molar-refractivity contribution in [3.63, 3.8) is 0 Å². The Morgan fingerprint density at radius 2 is 2.11 bits per heavy atom. The van der Waals surface area contributed by atoms with Crippen LogP contribution in [0.2, 0.25) is 5.02 Å². The highest BCUT2D eigenvalue weighted by atomic mass is 35.5. The van der Waals surface area contributed by atoms with Crippen LogP contribution in [0.25, 0.3) is 16.7 Å². The fraction of sp³-hybridized carbons (Fsp3) is 0.217. The first-order valence-electron chi connectivity index (χ1n) is 11.3. The Morgan fingerprint density at radius 3 is 2.94 bits per heavy atom. The number of hydrogen-bond donors (Lipinski definition) is 3. The van der Waals surface area contributed by atoms with Gasteiger partial charge < -0.3 is 21.1 Å². The third-order valence-electron chi connectivity index (χ3n) is 6.02. The summed E-state index contributed by atoms with van der Waals surface area (Å²) in [5, 5.41) is 15.6. The lowest BCUT2D eigenvalue weighted by Gasteiger charge is -2.23. The number of nitrogens with one attached hydrogen (secondary N) is 2. The molecule has 1 saturated heterocycles. The summed E-state index contributed by atoms with van der Waals surface area (Å²) < 4.78 is 9.29. The predicted molar refractivity (Wildman–Crippen MR) is 133 cm³/mol. The molecule has 0 saturated carbocycles. The van der Waals surface area contributed by atoms with Crippen LogP contribution in [0, 0.1) is 0 Å². The number of nitrogen functional groups attached to an aromatic ring is 1. The predicted octanol–water partition coefficient (Wildman–Crippen LogP) is 3.07. The SMILES string of the molecule is Nc1ncnc2c1c(C(=O)Nc1ccc(Oc3ccn4ncnc4c3)c(Cl)c1)nn2C1CCCNC1. The topological polar surface area (TPSA) is 150 Å². The number of carbonyl (C=O) groups is 1. The zero-order valence-corrected chi connectivity index (χ0v) is 19.7. The number of hydrogen-bond acceptors (Lipinski definition) is 9. The molecular formula is C23H21ClN10O2. The van der Waals surface area contributed by atoms with Crippen molar-refractivity contribution >= 4 is 45.7 Å². The number of nitrogens with zero attached hydrogens (tertiary/aromatic N) is 7. The van der Waals surface area contributed by atoms with Gasteiger partial charge in [0.1, 0.15) is 30.0 Å².